The van der Waals surface area contributed by atoms with Crippen LogP contribution in [0.25, 0.3) is 0 Å². The number of rotatable bonds is 5. The third-order valence-electron chi connectivity index (χ3n) is 3.50. The van der Waals surface area contributed by atoms with Crippen LogP contribution in [0.15, 0.2) is 12.1 Å². The van der Waals surface area contributed by atoms with E-state index in [4.69, 9.17) is 11.6 Å². The Hall–Kier alpha value is -0.290. The van der Waals surface area contributed by atoms with Gasteiger partial charge in [-0.2, -0.15) is 0 Å². The van der Waals surface area contributed by atoms with Crippen molar-refractivity contribution in [3.05, 3.63) is 21.3 Å². The predicted octanol–water partition coefficient (Wildman–Crippen LogP) is 3.87. The van der Waals surface area contributed by atoms with E-state index in [0.29, 0.717) is 21.8 Å². The van der Waals surface area contributed by atoms with Gasteiger partial charge in [0.1, 0.15) is 0 Å². The van der Waals surface area contributed by atoms with Crippen LogP contribution in [0.1, 0.15) is 48.2 Å². The zero-order valence-electron chi connectivity index (χ0n) is 11.5. The summed E-state index contributed by atoms with van der Waals surface area (Å²) in [6, 6.07) is 4.15. The van der Waals surface area contributed by atoms with E-state index in [1.807, 2.05) is 0 Å². The lowest BCUT2D eigenvalue weighted by Gasteiger charge is -2.16. The number of nitrogens with one attached hydrogen (secondary N) is 2. The van der Waals surface area contributed by atoms with Gasteiger partial charge < -0.3 is 10.6 Å². The first-order valence-corrected chi connectivity index (χ1v) is 8.22. The van der Waals surface area contributed by atoms with Crippen LogP contribution in [0.4, 0.5) is 0 Å². The minimum atomic E-state index is -0.0282. The molecule has 20 heavy (non-hydrogen) atoms. The van der Waals surface area contributed by atoms with E-state index in [1.165, 1.54) is 49.9 Å². The molecule has 0 radical (unpaired) electrons. The van der Waals surface area contributed by atoms with Gasteiger partial charge in [0.05, 0.1) is 9.21 Å². The molecule has 0 aliphatic heterocycles. The molecule has 3 nitrogen and oxygen atoms in total. The molecule has 0 aromatic carbocycles. The van der Waals surface area contributed by atoms with Crippen LogP contribution < -0.4 is 10.6 Å². The van der Waals surface area contributed by atoms with Crippen LogP contribution >= 0.6 is 35.3 Å². The van der Waals surface area contributed by atoms with Crippen molar-refractivity contribution in [2.24, 2.45) is 0 Å². The SMILES string of the molecule is Cl.O=C(NCCNC1CCCCCC1)c1ccc(Cl)s1. The summed E-state index contributed by atoms with van der Waals surface area (Å²) in [5.74, 6) is -0.0282. The normalized spacial score (nSPS) is 16.2. The number of carbonyl (C=O) groups is 1. The maximum atomic E-state index is 11.8. The van der Waals surface area contributed by atoms with Crippen LogP contribution in [-0.4, -0.2) is 25.0 Å². The Morgan fingerprint density at radius 3 is 2.50 bits per heavy atom. The first-order valence-electron chi connectivity index (χ1n) is 7.02. The monoisotopic (exact) mass is 336 g/mol. The van der Waals surface area contributed by atoms with Gasteiger partial charge in [-0.25, -0.2) is 0 Å². The van der Waals surface area contributed by atoms with Crippen molar-refractivity contribution in [1.82, 2.24) is 10.6 Å². The second-order valence-corrected chi connectivity index (χ2v) is 6.72. The number of hydrogen-bond donors (Lipinski definition) is 2. The highest BCUT2D eigenvalue weighted by molar-refractivity contribution is 7.17. The smallest absolute Gasteiger partial charge is 0.261 e. The van der Waals surface area contributed by atoms with E-state index >= 15 is 0 Å². The molecule has 1 aromatic heterocycles. The number of halogens is 2. The lowest BCUT2D eigenvalue weighted by Crippen LogP contribution is -2.36. The van der Waals surface area contributed by atoms with Gasteiger partial charge in [-0.3, -0.25) is 4.79 Å². The van der Waals surface area contributed by atoms with Gasteiger partial charge in [0.25, 0.3) is 5.91 Å². The third-order valence-corrected chi connectivity index (χ3v) is 4.73. The molecule has 2 N–H and O–H groups in total. The molecule has 114 valence electrons. The van der Waals surface area contributed by atoms with Crippen LogP contribution in [0.3, 0.4) is 0 Å². The topological polar surface area (TPSA) is 41.1 Å². The van der Waals surface area contributed by atoms with E-state index in [1.54, 1.807) is 12.1 Å². The lowest BCUT2D eigenvalue weighted by atomic mass is 10.1. The summed E-state index contributed by atoms with van der Waals surface area (Å²) in [7, 11) is 0. The van der Waals surface area contributed by atoms with Crippen LogP contribution in [0.2, 0.25) is 4.34 Å². The van der Waals surface area contributed by atoms with Gasteiger partial charge in [0.15, 0.2) is 0 Å². The predicted molar refractivity (Wildman–Crippen MR) is 88.4 cm³/mol. The van der Waals surface area contributed by atoms with E-state index in [2.05, 4.69) is 10.6 Å². The molecule has 0 bridgehead atoms. The van der Waals surface area contributed by atoms with Crippen LogP contribution in [0, 0.1) is 0 Å². The van der Waals surface area contributed by atoms with E-state index in [-0.39, 0.29) is 18.3 Å². The summed E-state index contributed by atoms with van der Waals surface area (Å²) >= 11 is 7.13. The average molecular weight is 337 g/mol. The maximum Gasteiger partial charge on any atom is 0.261 e. The van der Waals surface area contributed by atoms with Crippen molar-refractivity contribution in [3.63, 3.8) is 0 Å². The first-order chi connectivity index (χ1) is 9.25. The van der Waals surface area contributed by atoms with Crippen molar-refractivity contribution in [1.29, 1.82) is 0 Å². The van der Waals surface area contributed by atoms with E-state index < -0.39 is 0 Å². The highest BCUT2D eigenvalue weighted by Gasteiger charge is 2.11. The quantitative estimate of drug-likeness (QED) is 0.633. The zero-order chi connectivity index (χ0) is 13.5. The van der Waals surface area contributed by atoms with E-state index in [0.717, 1.165) is 6.54 Å². The minimum Gasteiger partial charge on any atom is -0.350 e. The summed E-state index contributed by atoms with van der Waals surface area (Å²) < 4.78 is 0.654. The first kappa shape index (κ1) is 17.8. The van der Waals surface area contributed by atoms with Gasteiger partial charge in [0, 0.05) is 19.1 Å². The highest BCUT2D eigenvalue weighted by Crippen LogP contribution is 2.21. The van der Waals surface area contributed by atoms with Gasteiger partial charge in [-0.15, -0.1) is 23.7 Å². The number of thiophene rings is 1. The second kappa shape index (κ2) is 9.61. The summed E-state index contributed by atoms with van der Waals surface area (Å²) in [5, 5.41) is 6.45. The molecule has 2 rings (SSSR count). The molecule has 0 unspecified atom stereocenters. The van der Waals surface area contributed by atoms with Crippen molar-refractivity contribution < 1.29 is 4.79 Å². The van der Waals surface area contributed by atoms with Crippen molar-refractivity contribution in [2.45, 2.75) is 44.6 Å². The molecule has 0 atom stereocenters. The van der Waals surface area contributed by atoms with Crippen molar-refractivity contribution in [3.8, 4) is 0 Å². The largest absolute Gasteiger partial charge is 0.350 e. The van der Waals surface area contributed by atoms with Crippen LogP contribution in [-0.2, 0) is 0 Å². The van der Waals surface area contributed by atoms with Gasteiger partial charge in [-0.05, 0) is 25.0 Å². The summed E-state index contributed by atoms with van der Waals surface area (Å²) in [6.07, 6.45) is 7.94. The molecule has 1 fully saturated rings. The third kappa shape index (κ3) is 6.00. The molecule has 0 saturated heterocycles. The Morgan fingerprint density at radius 2 is 1.90 bits per heavy atom. The Balaban J connectivity index is 0.00000200. The molecule has 1 saturated carbocycles. The summed E-state index contributed by atoms with van der Waals surface area (Å²) in [4.78, 5) is 12.5. The fraction of sp³-hybridized carbons (Fsp3) is 0.643. The summed E-state index contributed by atoms with van der Waals surface area (Å²) in [6.45, 7) is 1.51. The highest BCUT2D eigenvalue weighted by atomic mass is 35.5. The molecule has 0 spiro atoms. The Labute approximate surface area is 135 Å². The second-order valence-electron chi connectivity index (χ2n) is 5.00. The molecule has 6 heteroatoms. The standard InChI is InChI=1S/C14H21ClN2OS.ClH/c15-13-8-7-12(19-13)14(18)17-10-9-16-11-5-3-1-2-4-6-11;/h7-8,11,16H,1-6,9-10H2,(H,17,18);1H. The fourth-order valence-corrected chi connectivity index (χ4v) is 3.42. The van der Waals surface area contributed by atoms with Crippen LogP contribution in [0.5, 0.6) is 0 Å². The Bertz CT molecular complexity index is 404. The Kier molecular flexibility index (Phi) is 8.53. The van der Waals surface area contributed by atoms with Crippen molar-refractivity contribution >= 4 is 41.3 Å². The number of amides is 1. The van der Waals surface area contributed by atoms with Gasteiger partial charge in [-0.1, -0.05) is 37.3 Å². The molecular formula is C14H22Cl2N2OS. The molecule has 1 heterocycles. The molecule has 1 aliphatic carbocycles. The summed E-state index contributed by atoms with van der Waals surface area (Å²) in [5.41, 5.74) is 0. The zero-order valence-corrected chi connectivity index (χ0v) is 13.9. The van der Waals surface area contributed by atoms with Crippen molar-refractivity contribution in [2.75, 3.05) is 13.1 Å². The molecular weight excluding hydrogens is 315 g/mol. The molecule has 1 amide bonds. The molecule has 1 aliphatic rings. The fourth-order valence-electron chi connectivity index (χ4n) is 2.46. The maximum absolute atomic E-state index is 11.8. The van der Waals surface area contributed by atoms with Gasteiger partial charge in [0.2, 0.25) is 0 Å². The number of hydrogen-bond acceptors (Lipinski definition) is 3. The molecule has 1 aromatic rings. The lowest BCUT2D eigenvalue weighted by molar-refractivity contribution is 0.0957. The number of carbonyl (C=O) groups excluding carboxylic acids is 1. The van der Waals surface area contributed by atoms with E-state index in [9.17, 15) is 4.79 Å². The average Bonchev–Trinajstić information content (AvgIpc) is 2.68. The minimum absolute atomic E-state index is 0. The Morgan fingerprint density at radius 1 is 1.20 bits per heavy atom. The van der Waals surface area contributed by atoms with Gasteiger partial charge >= 0.3 is 0 Å².